The molecule has 1 aliphatic rings. The smallest absolute Gasteiger partial charge is 0.258 e. The molecule has 1 aliphatic heterocycles. The number of piperidine rings is 1. The van der Waals surface area contributed by atoms with Gasteiger partial charge in [-0.15, -0.1) is 0 Å². The lowest BCUT2D eigenvalue weighted by atomic mass is 9.89. The van der Waals surface area contributed by atoms with Crippen molar-refractivity contribution < 1.29 is 9.32 Å². The van der Waals surface area contributed by atoms with E-state index in [1.165, 1.54) is 5.56 Å². The Balaban J connectivity index is 1.56. The number of hydrogen-bond acceptors (Lipinski definition) is 4. The summed E-state index contributed by atoms with van der Waals surface area (Å²) < 4.78 is 5.25. The van der Waals surface area contributed by atoms with Gasteiger partial charge in [0, 0.05) is 18.8 Å². The summed E-state index contributed by atoms with van der Waals surface area (Å²) >= 11 is 0. The van der Waals surface area contributed by atoms with E-state index >= 15 is 0 Å². The van der Waals surface area contributed by atoms with Gasteiger partial charge in [-0.3, -0.25) is 4.79 Å². The van der Waals surface area contributed by atoms with Gasteiger partial charge in [-0.05, 0) is 44.2 Å². The fourth-order valence-corrected chi connectivity index (χ4v) is 3.70. The number of pyridine rings is 1. The molecule has 0 aliphatic carbocycles. The molecule has 0 bridgehead atoms. The first-order valence-corrected chi connectivity index (χ1v) is 8.71. The third-order valence-corrected chi connectivity index (χ3v) is 5.03. The van der Waals surface area contributed by atoms with Gasteiger partial charge in [0.05, 0.1) is 16.6 Å². The number of hydrogen-bond donors (Lipinski definition) is 0. The van der Waals surface area contributed by atoms with Gasteiger partial charge in [0.15, 0.2) is 0 Å². The average molecular weight is 335 g/mol. The fraction of sp³-hybridized carbons (Fsp3) is 0.350. The summed E-state index contributed by atoms with van der Waals surface area (Å²) in [5, 5.41) is 4.71. The Kier molecular flexibility index (Phi) is 3.99. The molecule has 0 N–H and O–H groups in total. The van der Waals surface area contributed by atoms with E-state index in [2.05, 4.69) is 34.4 Å². The summed E-state index contributed by atoms with van der Waals surface area (Å²) in [4.78, 5) is 19.4. The first kappa shape index (κ1) is 15.8. The van der Waals surface area contributed by atoms with Gasteiger partial charge in [0.2, 0.25) is 0 Å². The Bertz CT molecular complexity index is 909. The van der Waals surface area contributed by atoms with Gasteiger partial charge >= 0.3 is 0 Å². The molecule has 1 amide bonds. The molecule has 1 aromatic carbocycles. The Morgan fingerprint density at radius 1 is 1.16 bits per heavy atom. The van der Waals surface area contributed by atoms with Gasteiger partial charge in [0.25, 0.3) is 11.6 Å². The third kappa shape index (κ3) is 2.90. The summed E-state index contributed by atoms with van der Waals surface area (Å²) in [6.07, 6.45) is 1.98. The lowest BCUT2D eigenvalue weighted by Gasteiger charge is -2.32. The summed E-state index contributed by atoms with van der Waals surface area (Å²) in [6.45, 7) is 5.26. The number of carbonyl (C=O) groups is 1. The molecule has 0 radical (unpaired) electrons. The molecule has 5 heteroatoms. The topological polar surface area (TPSA) is 59.2 Å². The minimum atomic E-state index is 0.0494. The fourth-order valence-electron chi connectivity index (χ4n) is 3.70. The monoisotopic (exact) mass is 335 g/mol. The molecule has 2 aromatic heterocycles. The van der Waals surface area contributed by atoms with Crippen molar-refractivity contribution in [1.29, 1.82) is 0 Å². The van der Waals surface area contributed by atoms with E-state index in [4.69, 9.17) is 4.52 Å². The van der Waals surface area contributed by atoms with E-state index < -0.39 is 0 Å². The van der Waals surface area contributed by atoms with Crippen LogP contribution < -0.4 is 0 Å². The summed E-state index contributed by atoms with van der Waals surface area (Å²) in [6, 6.07) is 12.4. The lowest BCUT2D eigenvalue weighted by molar-refractivity contribution is 0.0714. The molecule has 25 heavy (non-hydrogen) atoms. The number of carbonyl (C=O) groups excluding carboxylic acids is 1. The zero-order valence-corrected chi connectivity index (χ0v) is 14.5. The first-order valence-electron chi connectivity index (χ1n) is 8.71. The summed E-state index contributed by atoms with van der Waals surface area (Å²) in [5.41, 5.74) is 3.95. The van der Waals surface area contributed by atoms with E-state index in [9.17, 15) is 4.79 Å². The zero-order chi connectivity index (χ0) is 17.4. The van der Waals surface area contributed by atoms with Crippen molar-refractivity contribution in [1.82, 2.24) is 15.0 Å². The molecule has 0 saturated carbocycles. The van der Waals surface area contributed by atoms with Crippen LogP contribution in [-0.4, -0.2) is 34.0 Å². The molecule has 3 heterocycles. The van der Waals surface area contributed by atoms with E-state index in [0.717, 1.165) is 37.0 Å². The number of rotatable bonds is 2. The van der Waals surface area contributed by atoms with Crippen LogP contribution in [-0.2, 0) is 0 Å². The lowest BCUT2D eigenvalue weighted by Crippen LogP contribution is -2.38. The second-order valence-electron chi connectivity index (χ2n) is 6.74. The summed E-state index contributed by atoms with van der Waals surface area (Å²) in [7, 11) is 0. The zero-order valence-electron chi connectivity index (χ0n) is 14.5. The number of benzene rings is 1. The number of amides is 1. The SMILES string of the molecule is Cc1cc(C(=O)N2CCC(c3ccccc3)CC2)c2c(C)noc2n1. The first-order chi connectivity index (χ1) is 12.1. The van der Waals surface area contributed by atoms with Crippen LogP contribution in [0.2, 0.25) is 0 Å². The maximum Gasteiger partial charge on any atom is 0.258 e. The largest absolute Gasteiger partial charge is 0.339 e. The van der Waals surface area contributed by atoms with E-state index in [1.54, 1.807) is 0 Å². The van der Waals surface area contributed by atoms with Gasteiger partial charge in [-0.25, -0.2) is 4.98 Å². The van der Waals surface area contributed by atoms with Crippen molar-refractivity contribution in [3.8, 4) is 0 Å². The second kappa shape index (κ2) is 6.31. The Hall–Kier alpha value is -2.69. The number of likely N-dealkylation sites (tertiary alicyclic amines) is 1. The summed E-state index contributed by atoms with van der Waals surface area (Å²) in [5.74, 6) is 0.579. The van der Waals surface area contributed by atoms with E-state index in [0.29, 0.717) is 22.9 Å². The van der Waals surface area contributed by atoms with Crippen LogP contribution in [0.3, 0.4) is 0 Å². The van der Waals surface area contributed by atoms with Gasteiger partial charge in [-0.1, -0.05) is 35.5 Å². The quantitative estimate of drug-likeness (QED) is 0.713. The molecule has 128 valence electrons. The molecule has 1 fully saturated rings. The van der Waals surface area contributed by atoms with Crippen LogP contribution in [0.4, 0.5) is 0 Å². The highest BCUT2D eigenvalue weighted by atomic mass is 16.5. The highest BCUT2D eigenvalue weighted by Crippen LogP contribution is 2.30. The maximum absolute atomic E-state index is 13.1. The van der Waals surface area contributed by atoms with Crippen molar-refractivity contribution >= 4 is 17.0 Å². The Morgan fingerprint density at radius 3 is 2.60 bits per heavy atom. The maximum atomic E-state index is 13.1. The minimum Gasteiger partial charge on any atom is -0.339 e. The van der Waals surface area contributed by atoms with Crippen molar-refractivity contribution in [2.75, 3.05) is 13.1 Å². The van der Waals surface area contributed by atoms with Crippen molar-refractivity contribution in [2.45, 2.75) is 32.6 Å². The van der Waals surface area contributed by atoms with E-state index in [-0.39, 0.29) is 5.91 Å². The van der Waals surface area contributed by atoms with Crippen molar-refractivity contribution in [2.24, 2.45) is 0 Å². The van der Waals surface area contributed by atoms with Crippen LogP contribution in [0.25, 0.3) is 11.1 Å². The molecule has 0 unspecified atom stereocenters. The molecule has 4 rings (SSSR count). The van der Waals surface area contributed by atoms with Crippen molar-refractivity contribution in [3.63, 3.8) is 0 Å². The molecular formula is C20H21N3O2. The number of aromatic nitrogens is 2. The minimum absolute atomic E-state index is 0.0494. The molecule has 1 saturated heterocycles. The second-order valence-corrected chi connectivity index (χ2v) is 6.74. The Labute approximate surface area is 146 Å². The van der Waals surface area contributed by atoms with E-state index in [1.807, 2.05) is 30.9 Å². The molecule has 0 atom stereocenters. The Morgan fingerprint density at radius 2 is 1.88 bits per heavy atom. The molecular weight excluding hydrogens is 314 g/mol. The predicted molar refractivity (Wildman–Crippen MR) is 95.6 cm³/mol. The van der Waals surface area contributed by atoms with Crippen molar-refractivity contribution in [3.05, 3.63) is 58.9 Å². The molecule has 0 spiro atoms. The van der Waals surface area contributed by atoms with Crippen LogP contribution in [0.1, 0.15) is 46.1 Å². The predicted octanol–water partition coefficient (Wildman–Crippen LogP) is 3.86. The van der Waals surface area contributed by atoms with Crippen LogP contribution in [0, 0.1) is 13.8 Å². The number of aryl methyl sites for hydroxylation is 2. The van der Waals surface area contributed by atoms with Crippen LogP contribution in [0.15, 0.2) is 40.9 Å². The highest BCUT2D eigenvalue weighted by molar-refractivity contribution is 6.06. The van der Waals surface area contributed by atoms with Gasteiger partial charge in [-0.2, -0.15) is 0 Å². The van der Waals surface area contributed by atoms with Crippen LogP contribution >= 0.6 is 0 Å². The number of nitrogens with zero attached hydrogens (tertiary/aromatic N) is 3. The average Bonchev–Trinajstić information content (AvgIpc) is 3.02. The van der Waals surface area contributed by atoms with Gasteiger partial charge < -0.3 is 9.42 Å². The molecule has 5 nitrogen and oxygen atoms in total. The normalized spacial score (nSPS) is 15.7. The standard InChI is InChI=1S/C20H21N3O2/c1-13-12-17(18-14(2)22-25-19(18)21-13)20(24)23-10-8-16(9-11-23)15-6-4-3-5-7-15/h3-7,12,16H,8-11H2,1-2H3. The highest BCUT2D eigenvalue weighted by Gasteiger charge is 2.27. The van der Waals surface area contributed by atoms with Crippen LogP contribution in [0.5, 0.6) is 0 Å². The van der Waals surface area contributed by atoms with Gasteiger partial charge in [0.1, 0.15) is 0 Å². The number of fused-ring (bicyclic) bond motifs is 1. The molecule has 3 aromatic rings. The third-order valence-electron chi connectivity index (χ3n) is 5.03.